The zero-order valence-electron chi connectivity index (χ0n) is 8.33. The summed E-state index contributed by atoms with van der Waals surface area (Å²) in [5.41, 5.74) is 8.75. The minimum Gasteiger partial charge on any atom is -0.399 e. The molecule has 0 saturated carbocycles. The predicted molar refractivity (Wildman–Crippen MR) is 59.7 cm³/mol. The number of anilines is 1. The number of benzene rings is 2. The highest BCUT2D eigenvalue weighted by molar-refractivity contribution is 6.22. The average molecular weight is 213 g/mol. The van der Waals surface area contributed by atoms with Crippen molar-refractivity contribution in [3.05, 3.63) is 53.3 Å². The molecule has 3 rings (SSSR count). The Hall–Kier alpha value is -2.16. The van der Waals surface area contributed by atoms with E-state index in [1.165, 1.54) is 12.1 Å². The van der Waals surface area contributed by atoms with Gasteiger partial charge in [-0.15, -0.1) is 0 Å². The lowest BCUT2D eigenvalue weighted by Gasteiger charge is -1.99. The van der Waals surface area contributed by atoms with Crippen molar-refractivity contribution in [1.29, 1.82) is 0 Å². The monoisotopic (exact) mass is 213 g/mol. The van der Waals surface area contributed by atoms with Gasteiger partial charge < -0.3 is 5.73 Å². The number of halogens is 1. The predicted octanol–water partition coefficient (Wildman–Crippen LogP) is 2.62. The summed E-state index contributed by atoms with van der Waals surface area (Å²) in [7, 11) is 0. The standard InChI is InChI=1S/C13H8FNO/c14-7-1-3-9-10-4-2-8(15)6-12(10)13(16)11(9)5-7/h1-6H,15H2. The van der Waals surface area contributed by atoms with E-state index >= 15 is 0 Å². The van der Waals surface area contributed by atoms with E-state index in [1.54, 1.807) is 24.3 Å². The van der Waals surface area contributed by atoms with Gasteiger partial charge in [0.05, 0.1) is 0 Å². The van der Waals surface area contributed by atoms with E-state index < -0.39 is 5.82 Å². The molecule has 16 heavy (non-hydrogen) atoms. The maximum Gasteiger partial charge on any atom is 0.194 e. The minimum atomic E-state index is -0.395. The van der Waals surface area contributed by atoms with Gasteiger partial charge in [0.2, 0.25) is 0 Å². The number of hydrogen-bond acceptors (Lipinski definition) is 2. The summed E-state index contributed by atoms with van der Waals surface area (Å²) in [6, 6.07) is 9.43. The smallest absolute Gasteiger partial charge is 0.194 e. The number of carbonyl (C=O) groups is 1. The van der Waals surface area contributed by atoms with E-state index in [2.05, 4.69) is 0 Å². The molecule has 78 valence electrons. The van der Waals surface area contributed by atoms with Gasteiger partial charge >= 0.3 is 0 Å². The fourth-order valence-electron chi connectivity index (χ4n) is 2.07. The first-order valence-corrected chi connectivity index (χ1v) is 4.91. The van der Waals surface area contributed by atoms with Crippen LogP contribution in [0.4, 0.5) is 10.1 Å². The lowest BCUT2D eigenvalue weighted by atomic mass is 10.1. The van der Waals surface area contributed by atoms with Gasteiger partial charge in [0.1, 0.15) is 5.82 Å². The van der Waals surface area contributed by atoms with Crippen LogP contribution in [0.3, 0.4) is 0 Å². The number of fused-ring (bicyclic) bond motifs is 3. The summed E-state index contributed by atoms with van der Waals surface area (Å²) in [6.45, 7) is 0. The van der Waals surface area contributed by atoms with Gasteiger partial charge in [-0.2, -0.15) is 0 Å². The van der Waals surface area contributed by atoms with Crippen LogP contribution in [0.15, 0.2) is 36.4 Å². The molecule has 0 atom stereocenters. The van der Waals surface area contributed by atoms with Gasteiger partial charge in [0.15, 0.2) is 5.78 Å². The van der Waals surface area contributed by atoms with Crippen molar-refractivity contribution in [3.8, 4) is 11.1 Å². The first kappa shape index (κ1) is 9.09. The van der Waals surface area contributed by atoms with Crippen LogP contribution in [0, 0.1) is 5.82 Å². The highest BCUT2D eigenvalue weighted by atomic mass is 19.1. The molecule has 1 aliphatic rings. The first-order valence-electron chi connectivity index (χ1n) is 4.91. The third kappa shape index (κ3) is 1.08. The highest BCUT2D eigenvalue weighted by Gasteiger charge is 2.26. The van der Waals surface area contributed by atoms with Crippen LogP contribution in [-0.4, -0.2) is 5.78 Å². The SMILES string of the molecule is Nc1ccc2c(c1)C(=O)c1cc(F)ccc1-2. The van der Waals surface area contributed by atoms with E-state index in [0.717, 1.165) is 11.1 Å². The Bertz CT molecular complexity index is 566. The van der Waals surface area contributed by atoms with Crippen molar-refractivity contribution in [2.75, 3.05) is 5.73 Å². The van der Waals surface area contributed by atoms with Crippen molar-refractivity contribution in [2.45, 2.75) is 0 Å². The molecule has 0 radical (unpaired) electrons. The fraction of sp³-hybridized carbons (Fsp3) is 0. The molecule has 0 unspecified atom stereocenters. The van der Waals surface area contributed by atoms with Gasteiger partial charge in [-0.1, -0.05) is 12.1 Å². The molecule has 0 spiro atoms. The maximum atomic E-state index is 13.1. The van der Waals surface area contributed by atoms with Crippen molar-refractivity contribution in [3.63, 3.8) is 0 Å². The second kappa shape index (κ2) is 2.92. The van der Waals surface area contributed by atoms with E-state index in [-0.39, 0.29) is 5.78 Å². The molecule has 0 fully saturated rings. The molecular weight excluding hydrogens is 205 g/mol. The van der Waals surface area contributed by atoms with E-state index in [4.69, 9.17) is 5.73 Å². The Kier molecular flexibility index (Phi) is 1.66. The summed E-state index contributed by atoms with van der Waals surface area (Å²) in [5.74, 6) is -0.551. The van der Waals surface area contributed by atoms with Crippen LogP contribution in [0.5, 0.6) is 0 Å². The lowest BCUT2D eigenvalue weighted by molar-refractivity contribution is 0.104. The van der Waals surface area contributed by atoms with Crippen LogP contribution in [0.25, 0.3) is 11.1 Å². The van der Waals surface area contributed by atoms with E-state index in [1.807, 2.05) is 0 Å². The second-order valence-electron chi connectivity index (χ2n) is 3.82. The number of nitrogens with two attached hydrogens (primary N) is 1. The van der Waals surface area contributed by atoms with Crippen LogP contribution in [0.2, 0.25) is 0 Å². The highest BCUT2D eigenvalue weighted by Crippen LogP contribution is 2.37. The zero-order valence-corrected chi connectivity index (χ0v) is 8.33. The topological polar surface area (TPSA) is 43.1 Å². The number of ketones is 1. The van der Waals surface area contributed by atoms with Gasteiger partial charge in [-0.3, -0.25) is 4.79 Å². The Morgan fingerprint density at radius 2 is 1.50 bits per heavy atom. The van der Waals surface area contributed by atoms with Crippen molar-refractivity contribution < 1.29 is 9.18 Å². The van der Waals surface area contributed by atoms with E-state index in [0.29, 0.717) is 16.8 Å². The lowest BCUT2D eigenvalue weighted by Crippen LogP contribution is -1.96. The molecule has 2 aromatic rings. The molecule has 0 heterocycles. The second-order valence-corrected chi connectivity index (χ2v) is 3.82. The zero-order chi connectivity index (χ0) is 11.3. The van der Waals surface area contributed by atoms with Crippen molar-refractivity contribution in [1.82, 2.24) is 0 Å². The number of carbonyl (C=O) groups excluding carboxylic acids is 1. The molecule has 2 nitrogen and oxygen atoms in total. The van der Waals surface area contributed by atoms with Crippen LogP contribution >= 0.6 is 0 Å². The summed E-state index contributed by atoms with van der Waals surface area (Å²) in [6.07, 6.45) is 0. The van der Waals surface area contributed by atoms with Crippen molar-refractivity contribution >= 4 is 11.5 Å². The number of nitrogen functional groups attached to an aromatic ring is 1. The molecule has 3 heteroatoms. The summed E-state index contributed by atoms with van der Waals surface area (Å²) in [4.78, 5) is 12.0. The Labute approximate surface area is 91.5 Å². The van der Waals surface area contributed by atoms with Gasteiger partial charge in [0.25, 0.3) is 0 Å². The normalized spacial score (nSPS) is 12.4. The molecule has 0 aromatic heterocycles. The van der Waals surface area contributed by atoms with Crippen LogP contribution < -0.4 is 5.73 Å². The molecule has 0 amide bonds. The first-order chi connectivity index (χ1) is 7.66. The maximum absolute atomic E-state index is 13.1. The number of hydrogen-bond donors (Lipinski definition) is 1. The molecule has 2 N–H and O–H groups in total. The molecule has 2 aromatic carbocycles. The minimum absolute atomic E-state index is 0.156. The third-order valence-corrected chi connectivity index (χ3v) is 2.80. The molecule has 0 aliphatic heterocycles. The van der Waals surface area contributed by atoms with Gasteiger partial charge in [0, 0.05) is 16.8 Å². The summed E-state index contributed by atoms with van der Waals surface area (Å²) in [5, 5.41) is 0. The largest absolute Gasteiger partial charge is 0.399 e. The van der Waals surface area contributed by atoms with Crippen molar-refractivity contribution in [2.24, 2.45) is 0 Å². The van der Waals surface area contributed by atoms with Gasteiger partial charge in [-0.05, 0) is 35.4 Å². The molecule has 0 bridgehead atoms. The third-order valence-electron chi connectivity index (χ3n) is 2.80. The van der Waals surface area contributed by atoms with Crippen LogP contribution in [-0.2, 0) is 0 Å². The number of rotatable bonds is 0. The average Bonchev–Trinajstić information content (AvgIpc) is 2.53. The Balaban J connectivity index is 2.34. The fourth-order valence-corrected chi connectivity index (χ4v) is 2.07. The Morgan fingerprint density at radius 3 is 2.25 bits per heavy atom. The molecular formula is C13H8FNO. The summed E-state index contributed by atoms with van der Waals surface area (Å²) >= 11 is 0. The molecule has 1 aliphatic carbocycles. The Morgan fingerprint density at radius 1 is 0.875 bits per heavy atom. The van der Waals surface area contributed by atoms with Crippen LogP contribution in [0.1, 0.15) is 15.9 Å². The quantitative estimate of drug-likeness (QED) is 0.583. The van der Waals surface area contributed by atoms with Gasteiger partial charge in [-0.25, -0.2) is 4.39 Å². The van der Waals surface area contributed by atoms with E-state index in [9.17, 15) is 9.18 Å². The summed E-state index contributed by atoms with van der Waals surface area (Å²) < 4.78 is 13.1. The molecule has 0 saturated heterocycles.